The molecular weight excluding hydrogens is 320 g/mol. The van der Waals surface area contributed by atoms with Crippen LogP contribution in [-0.4, -0.2) is 66.1 Å². The predicted octanol–water partition coefficient (Wildman–Crippen LogP) is 3.21. The van der Waals surface area contributed by atoms with E-state index in [1.807, 2.05) is 0 Å². The highest BCUT2D eigenvalue weighted by atomic mass is 15.3. The molecule has 0 aliphatic carbocycles. The van der Waals surface area contributed by atoms with E-state index in [0.717, 1.165) is 64.6 Å². The number of piperidine rings is 1. The molecule has 0 saturated carbocycles. The van der Waals surface area contributed by atoms with Crippen molar-refractivity contribution in [3.05, 3.63) is 35.9 Å². The van der Waals surface area contributed by atoms with Crippen LogP contribution >= 0.6 is 0 Å². The zero-order valence-electron chi connectivity index (χ0n) is 16.5. The minimum atomic E-state index is -0.239. The molecule has 2 fully saturated rings. The first-order valence-corrected chi connectivity index (χ1v) is 10.3. The van der Waals surface area contributed by atoms with Gasteiger partial charge in [0.25, 0.3) is 0 Å². The summed E-state index contributed by atoms with van der Waals surface area (Å²) in [7, 11) is 0. The Hall–Kier alpha value is -1.41. The number of nitriles is 1. The van der Waals surface area contributed by atoms with Crippen molar-refractivity contribution in [2.45, 2.75) is 45.2 Å². The molecule has 2 aliphatic rings. The first kappa shape index (κ1) is 19.4. The maximum atomic E-state index is 9.99. The Bertz CT molecular complexity index is 576. The molecule has 0 amide bonds. The first-order valence-electron chi connectivity index (χ1n) is 10.3. The van der Waals surface area contributed by atoms with Crippen molar-refractivity contribution in [3.8, 4) is 6.07 Å². The summed E-state index contributed by atoms with van der Waals surface area (Å²) in [5.74, 6) is 0.771. The Morgan fingerprint density at radius 3 is 2.19 bits per heavy atom. The van der Waals surface area contributed by atoms with Gasteiger partial charge in [0.15, 0.2) is 0 Å². The molecule has 2 saturated heterocycles. The highest BCUT2D eigenvalue weighted by Crippen LogP contribution is 2.30. The van der Waals surface area contributed by atoms with Gasteiger partial charge in [-0.05, 0) is 37.3 Å². The topological polar surface area (TPSA) is 33.5 Å². The fourth-order valence-electron chi connectivity index (χ4n) is 4.26. The summed E-state index contributed by atoms with van der Waals surface area (Å²) >= 11 is 0. The van der Waals surface area contributed by atoms with E-state index in [4.69, 9.17) is 0 Å². The minimum absolute atomic E-state index is 0.239. The summed E-state index contributed by atoms with van der Waals surface area (Å²) in [6, 6.07) is 13.4. The van der Waals surface area contributed by atoms with Gasteiger partial charge in [0, 0.05) is 45.8 Å². The molecule has 26 heavy (non-hydrogen) atoms. The number of hydrogen-bond donors (Lipinski definition) is 0. The third-order valence-electron chi connectivity index (χ3n) is 6.14. The van der Waals surface area contributed by atoms with Crippen LogP contribution in [0.1, 0.15) is 38.7 Å². The predicted molar refractivity (Wildman–Crippen MR) is 107 cm³/mol. The number of rotatable bonds is 6. The SMILES string of the molecule is CC(C)CCN1CCN(C2(C#N)CCN(Cc3ccccc3)CC2)CC1. The average molecular weight is 355 g/mol. The molecule has 0 atom stereocenters. The summed E-state index contributed by atoms with van der Waals surface area (Å²) in [6.07, 6.45) is 3.22. The molecule has 0 spiro atoms. The Morgan fingerprint density at radius 1 is 0.962 bits per heavy atom. The molecular formula is C22H34N4. The van der Waals surface area contributed by atoms with Crippen molar-refractivity contribution < 1.29 is 0 Å². The van der Waals surface area contributed by atoms with E-state index in [1.54, 1.807) is 0 Å². The number of nitrogens with zero attached hydrogens (tertiary/aromatic N) is 4. The Labute approximate surface area is 159 Å². The van der Waals surface area contributed by atoms with Crippen molar-refractivity contribution in [2.24, 2.45) is 5.92 Å². The molecule has 0 radical (unpaired) electrons. The maximum Gasteiger partial charge on any atom is 0.111 e. The molecule has 0 bridgehead atoms. The molecule has 1 aromatic carbocycles. The molecule has 0 unspecified atom stereocenters. The standard InChI is InChI=1S/C22H34N4/c1-20(2)8-11-24-14-16-26(17-15-24)22(19-23)9-12-25(13-10-22)18-21-6-4-3-5-7-21/h3-7,20H,8-18H2,1-2H3. The van der Waals surface area contributed by atoms with E-state index in [2.05, 4.69) is 64.9 Å². The third kappa shape index (κ3) is 4.85. The normalized spacial score (nSPS) is 22.4. The maximum absolute atomic E-state index is 9.99. The van der Waals surface area contributed by atoms with E-state index in [-0.39, 0.29) is 5.54 Å². The van der Waals surface area contributed by atoms with Crippen LogP contribution in [0.25, 0.3) is 0 Å². The smallest absolute Gasteiger partial charge is 0.111 e. The number of likely N-dealkylation sites (tertiary alicyclic amines) is 1. The van der Waals surface area contributed by atoms with Crippen molar-refractivity contribution >= 4 is 0 Å². The van der Waals surface area contributed by atoms with Gasteiger partial charge in [-0.3, -0.25) is 9.80 Å². The van der Waals surface area contributed by atoms with Gasteiger partial charge in [0.1, 0.15) is 5.54 Å². The van der Waals surface area contributed by atoms with E-state index in [9.17, 15) is 5.26 Å². The van der Waals surface area contributed by atoms with Crippen molar-refractivity contribution in [3.63, 3.8) is 0 Å². The second-order valence-corrected chi connectivity index (χ2v) is 8.42. The zero-order chi connectivity index (χ0) is 18.4. The average Bonchev–Trinajstić information content (AvgIpc) is 2.68. The summed E-state index contributed by atoms with van der Waals surface area (Å²) in [4.78, 5) is 7.56. The fourth-order valence-corrected chi connectivity index (χ4v) is 4.26. The monoisotopic (exact) mass is 354 g/mol. The summed E-state index contributed by atoms with van der Waals surface area (Å²) < 4.78 is 0. The Kier molecular flexibility index (Phi) is 6.69. The first-order chi connectivity index (χ1) is 12.6. The van der Waals surface area contributed by atoms with Crippen LogP contribution in [0.5, 0.6) is 0 Å². The minimum Gasteiger partial charge on any atom is -0.301 e. The second kappa shape index (κ2) is 8.99. The van der Waals surface area contributed by atoms with Gasteiger partial charge in [-0.25, -0.2) is 0 Å². The van der Waals surface area contributed by atoms with Crippen LogP contribution in [0.3, 0.4) is 0 Å². The van der Waals surface area contributed by atoms with Gasteiger partial charge < -0.3 is 4.90 Å². The lowest BCUT2D eigenvalue weighted by Gasteiger charge is -2.47. The molecule has 4 heteroatoms. The molecule has 4 nitrogen and oxygen atoms in total. The lowest BCUT2D eigenvalue weighted by Crippen LogP contribution is -2.60. The largest absolute Gasteiger partial charge is 0.301 e. The summed E-state index contributed by atoms with van der Waals surface area (Å²) in [5, 5.41) is 9.99. The van der Waals surface area contributed by atoms with Crippen molar-refractivity contribution in [2.75, 3.05) is 45.8 Å². The lowest BCUT2D eigenvalue weighted by molar-refractivity contribution is 0.0192. The molecule has 2 heterocycles. The number of piperazine rings is 1. The number of hydrogen-bond acceptors (Lipinski definition) is 4. The highest BCUT2D eigenvalue weighted by Gasteiger charge is 2.41. The quantitative estimate of drug-likeness (QED) is 0.785. The van der Waals surface area contributed by atoms with Crippen LogP contribution in [-0.2, 0) is 6.54 Å². The van der Waals surface area contributed by atoms with Crippen LogP contribution in [0.2, 0.25) is 0 Å². The number of benzene rings is 1. The van der Waals surface area contributed by atoms with E-state index < -0.39 is 0 Å². The second-order valence-electron chi connectivity index (χ2n) is 8.42. The van der Waals surface area contributed by atoms with E-state index in [1.165, 1.54) is 18.5 Å². The lowest BCUT2D eigenvalue weighted by atomic mass is 9.86. The van der Waals surface area contributed by atoms with Crippen LogP contribution in [0.15, 0.2) is 30.3 Å². The molecule has 0 N–H and O–H groups in total. The third-order valence-corrected chi connectivity index (χ3v) is 6.14. The highest BCUT2D eigenvalue weighted by molar-refractivity contribution is 5.16. The van der Waals surface area contributed by atoms with Crippen LogP contribution in [0, 0.1) is 17.2 Å². The molecule has 142 valence electrons. The van der Waals surface area contributed by atoms with Gasteiger partial charge in [0.05, 0.1) is 6.07 Å². The van der Waals surface area contributed by atoms with Gasteiger partial charge in [-0.2, -0.15) is 5.26 Å². The van der Waals surface area contributed by atoms with Crippen LogP contribution < -0.4 is 0 Å². The Balaban J connectivity index is 1.49. The van der Waals surface area contributed by atoms with Gasteiger partial charge in [-0.15, -0.1) is 0 Å². The molecule has 2 aliphatic heterocycles. The van der Waals surface area contributed by atoms with Gasteiger partial charge in [0.2, 0.25) is 0 Å². The molecule has 0 aromatic heterocycles. The summed E-state index contributed by atoms with van der Waals surface area (Å²) in [6.45, 7) is 13.2. The van der Waals surface area contributed by atoms with E-state index in [0.29, 0.717) is 0 Å². The van der Waals surface area contributed by atoms with Crippen molar-refractivity contribution in [1.29, 1.82) is 5.26 Å². The van der Waals surface area contributed by atoms with Crippen LogP contribution in [0.4, 0.5) is 0 Å². The fraction of sp³-hybridized carbons (Fsp3) is 0.682. The Morgan fingerprint density at radius 2 is 1.62 bits per heavy atom. The van der Waals surface area contributed by atoms with Crippen molar-refractivity contribution in [1.82, 2.24) is 14.7 Å². The summed E-state index contributed by atoms with van der Waals surface area (Å²) in [5.41, 5.74) is 1.13. The van der Waals surface area contributed by atoms with Gasteiger partial charge >= 0.3 is 0 Å². The zero-order valence-corrected chi connectivity index (χ0v) is 16.5. The molecule has 3 rings (SSSR count). The van der Waals surface area contributed by atoms with E-state index >= 15 is 0 Å². The molecule has 1 aromatic rings. The van der Waals surface area contributed by atoms with Gasteiger partial charge in [-0.1, -0.05) is 44.2 Å².